The molecule has 0 unspecified atom stereocenters. The normalized spacial score (nSPS) is 10.8. The predicted molar refractivity (Wildman–Crippen MR) is 88.0 cm³/mol. The molecule has 6 nitrogen and oxygen atoms in total. The van der Waals surface area contributed by atoms with E-state index in [4.69, 9.17) is 4.74 Å². The minimum atomic E-state index is -2.96. The first-order valence-corrected chi connectivity index (χ1v) is 7.78. The Bertz CT molecular complexity index is 747. The number of aryl methyl sites for hydroxylation is 1. The van der Waals surface area contributed by atoms with Crippen LogP contribution in [0.1, 0.15) is 28.5 Å². The van der Waals surface area contributed by atoms with Crippen molar-refractivity contribution in [1.82, 2.24) is 14.7 Å². The van der Waals surface area contributed by atoms with Gasteiger partial charge >= 0.3 is 6.61 Å². The molecule has 0 aliphatic carbocycles. The second kappa shape index (κ2) is 7.96. The second-order valence-corrected chi connectivity index (χ2v) is 5.51. The monoisotopic (exact) mass is 353 g/mol. The van der Waals surface area contributed by atoms with E-state index < -0.39 is 6.61 Å². The number of ether oxygens (including phenoxy) is 2. The summed E-state index contributed by atoms with van der Waals surface area (Å²) in [5.74, 6) is -0.244. The van der Waals surface area contributed by atoms with Gasteiger partial charge in [0.25, 0.3) is 5.91 Å². The third kappa shape index (κ3) is 4.46. The van der Waals surface area contributed by atoms with Crippen molar-refractivity contribution in [3.63, 3.8) is 0 Å². The molecule has 0 bridgehead atoms. The SMILES string of the molecule is CCOc1cc(C(=O)N(C)Cc2cnn(C)c2C)ccc1OC(F)F. The van der Waals surface area contributed by atoms with Crippen molar-refractivity contribution in [1.29, 1.82) is 0 Å². The van der Waals surface area contributed by atoms with E-state index in [0.717, 1.165) is 11.3 Å². The number of benzene rings is 1. The van der Waals surface area contributed by atoms with Gasteiger partial charge < -0.3 is 14.4 Å². The quantitative estimate of drug-likeness (QED) is 0.768. The fraction of sp³-hybridized carbons (Fsp3) is 0.412. The van der Waals surface area contributed by atoms with E-state index in [2.05, 4.69) is 9.84 Å². The zero-order valence-corrected chi connectivity index (χ0v) is 14.6. The van der Waals surface area contributed by atoms with Crippen LogP contribution in [0.3, 0.4) is 0 Å². The topological polar surface area (TPSA) is 56.6 Å². The molecule has 2 aromatic rings. The number of nitrogens with zero attached hydrogens (tertiary/aromatic N) is 3. The standard InChI is InChI=1S/C17H21F2N3O3/c1-5-24-15-8-12(6-7-14(15)25-17(18)19)16(23)21(3)10-13-9-20-22(4)11(13)2/h6-9,17H,5,10H2,1-4H3. The van der Waals surface area contributed by atoms with Crippen LogP contribution in [0.15, 0.2) is 24.4 Å². The van der Waals surface area contributed by atoms with Gasteiger partial charge in [0.15, 0.2) is 11.5 Å². The highest BCUT2D eigenvalue weighted by Gasteiger charge is 2.18. The average Bonchev–Trinajstić information content (AvgIpc) is 2.87. The summed E-state index contributed by atoms with van der Waals surface area (Å²) in [4.78, 5) is 14.1. The summed E-state index contributed by atoms with van der Waals surface area (Å²) < 4.78 is 36.4. The number of carbonyl (C=O) groups excluding carboxylic acids is 1. The van der Waals surface area contributed by atoms with Crippen LogP contribution in [0, 0.1) is 6.92 Å². The highest BCUT2D eigenvalue weighted by molar-refractivity contribution is 5.94. The Hall–Kier alpha value is -2.64. The average molecular weight is 353 g/mol. The van der Waals surface area contributed by atoms with E-state index in [0.29, 0.717) is 12.1 Å². The van der Waals surface area contributed by atoms with Crippen LogP contribution in [0.25, 0.3) is 0 Å². The number of halogens is 2. The minimum Gasteiger partial charge on any atom is -0.490 e. The zero-order valence-electron chi connectivity index (χ0n) is 14.6. The molecule has 0 atom stereocenters. The summed E-state index contributed by atoms with van der Waals surface area (Å²) in [6.07, 6.45) is 1.71. The van der Waals surface area contributed by atoms with Crippen molar-refractivity contribution in [2.45, 2.75) is 27.0 Å². The third-order valence-corrected chi connectivity index (χ3v) is 3.80. The van der Waals surface area contributed by atoms with Crippen LogP contribution < -0.4 is 9.47 Å². The van der Waals surface area contributed by atoms with Gasteiger partial charge in [0.05, 0.1) is 12.8 Å². The molecular formula is C17H21F2N3O3. The molecule has 0 saturated heterocycles. The molecule has 1 aromatic carbocycles. The van der Waals surface area contributed by atoms with E-state index >= 15 is 0 Å². The lowest BCUT2D eigenvalue weighted by molar-refractivity contribution is -0.0514. The van der Waals surface area contributed by atoms with E-state index in [1.807, 2.05) is 14.0 Å². The van der Waals surface area contributed by atoms with Crippen LogP contribution in [0.5, 0.6) is 11.5 Å². The Morgan fingerprint density at radius 2 is 2.08 bits per heavy atom. The van der Waals surface area contributed by atoms with Crippen molar-refractivity contribution < 1.29 is 23.0 Å². The maximum absolute atomic E-state index is 12.6. The van der Waals surface area contributed by atoms with Gasteiger partial charge in [0.1, 0.15) is 0 Å². The molecule has 136 valence electrons. The van der Waals surface area contributed by atoms with Crippen molar-refractivity contribution in [3.8, 4) is 11.5 Å². The molecule has 1 aromatic heterocycles. The lowest BCUT2D eigenvalue weighted by Gasteiger charge is -2.18. The van der Waals surface area contributed by atoms with Crippen LogP contribution in [0.2, 0.25) is 0 Å². The molecule has 0 spiro atoms. The molecule has 25 heavy (non-hydrogen) atoms. The van der Waals surface area contributed by atoms with Gasteiger partial charge in [0, 0.05) is 37.5 Å². The summed E-state index contributed by atoms with van der Waals surface area (Å²) >= 11 is 0. The van der Waals surface area contributed by atoms with Crippen LogP contribution in [-0.2, 0) is 13.6 Å². The van der Waals surface area contributed by atoms with Crippen molar-refractivity contribution in [2.24, 2.45) is 7.05 Å². The fourth-order valence-corrected chi connectivity index (χ4v) is 2.35. The van der Waals surface area contributed by atoms with Crippen LogP contribution in [0.4, 0.5) is 8.78 Å². The first-order chi connectivity index (χ1) is 11.8. The van der Waals surface area contributed by atoms with Gasteiger partial charge in [0.2, 0.25) is 0 Å². The molecule has 0 fully saturated rings. The molecule has 1 amide bonds. The Morgan fingerprint density at radius 3 is 2.64 bits per heavy atom. The predicted octanol–water partition coefficient (Wildman–Crippen LogP) is 3.00. The van der Waals surface area contributed by atoms with Gasteiger partial charge in [-0.1, -0.05) is 0 Å². The van der Waals surface area contributed by atoms with Gasteiger partial charge in [-0.3, -0.25) is 9.48 Å². The number of aromatic nitrogens is 2. The Balaban J connectivity index is 2.19. The number of amides is 1. The summed E-state index contributed by atoms with van der Waals surface area (Å²) in [6, 6.07) is 4.17. The first kappa shape index (κ1) is 18.7. The minimum absolute atomic E-state index is 0.0980. The summed E-state index contributed by atoms with van der Waals surface area (Å²) in [5.41, 5.74) is 2.23. The Labute approximate surface area is 144 Å². The Kier molecular flexibility index (Phi) is 5.95. The number of hydrogen-bond donors (Lipinski definition) is 0. The molecule has 0 radical (unpaired) electrons. The third-order valence-electron chi connectivity index (χ3n) is 3.80. The molecule has 1 heterocycles. The van der Waals surface area contributed by atoms with E-state index in [1.54, 1.807) is 24.9 Å². The van der Waals surface area contributed by atoms with Gasteiger partial charge in [-0.25, -0.2) is 0 Å². The summed E-state index contributed by atoms with van der Waals surface area (Å²) in [6.45, 7) is 1.33. The van der Waals surface area contributed by atoms with Gasteiger partial charge in [-0.05, 0) is 32.0 Å². The van der Waals surface area contributed by atoms with Crippen LogP contribution in [-0.4, -0.2) is 40.9 Å². The highest BCUT2D eigenvalue weighted by atomic mass is 19.3. The molecule has 0 aliphatic rings. The van der Waals surface area contributed by atoms with E-state index in [9.17, 15) is 13.6 Å². The number of alkyl halides is 2. The largest absolute Gasteiger partial charge is 0.490 e. The van der Waals surface area contributed by atoms with Crippen LogP contribution >= 0.6 is 0 Å². The molecule has 0 saturated carbocycles. The number of carbonyl (C=O) groups is 1. The van der Waals surface area contributed by atoms with Crippen molar-refractivity contribution >= 4 is 5.91 Å². The number of hydrogen-bond acceptors (Lipinski definition) is 4. The van der Waals surface area contributed by atoms with Crippen molar-refractivity contribution in [2.75, 3.05) is 13.7 Å². The van der Waals surface area contributed by atoms with Gasteiger partial charge in [-0.15, -0.1) is 0 Å². The fourth-order valence-electron chi connectivity index (χ4n) is 2.35. The molecular weight excluding hydrogens is 332 g/mol. The second-order valence-electron chi connectivity index (χ2n) is 5.51. The van der Waals surface area contributed by atoms with Gasteiger partial charge in [-0.2, -0.15) is 13.9 Å². The Morgan fingerprint density at radius 1 is 1.36 bits per heavy atom. The molecule has 8 heteroatoms. The van der Waals surface area contributed by atoms with Crippen molar-refractivity contribution in [3.05, 3.63) is 41.2 Å². The number of rotatable bonds is 7. The first-order valence-electron chi connectivity index (χ1n) is 7.78. The lowest BCUT2D eigenvalue weighted by atomic mass is 10.1. The zero-order chi connectivity index (χ0) is 18.6. The molecule has 0 aliphatic heterocycles. The smallest absolute Gasteiger partial charge is 0.387 e. The molecule has 0 N–H and O–H groups in total. The highest BCUT2D eigenvalue weighted by Crippen LogP contribution is 2.30. The maximum Gasteiger partial charge on any atom is 0.387 e. The maximum atomic E-state index is 12.6. The lowest BCUT2D eigenvalue weighted by Crippen LogP contribution is -2.26. The summed E-state index contributed by atoms with van der Waals surface area (Å²) in [5, 5.41) is 4.15. The van der Waals surface area contributed by atoms with E-state index in [1.165, 1.54) is 23.1 Å². The summed E-state index contributed by atoms with van der Waals surface area (Å²) in [7, 11) is 3.50. The molecule has 2 rings (SSSR count). The van der Waals surface area contributed by atoms with E-state index in [-0.39, 0.29) is 24.0 Å².